The predicted molar refractivity (Wildman–Crippen MR) is 112 cm³/mol. The molecule has 0 unspecified atom stereocenters. The number of hydrogen-bond donors (Lipinski definition) is 2. The number of aryl methyl sites for hydroxylation is 1. The summed E-state index contributed by atoms with van der Waals surface area (Å²) in [7, 11) is 0. The molecule has 0 aromatic heterocycles. The van der Waals surface area contributed by atoms with E-state index in [1.54, 1.807) is 0 Å². The standard InChI is InChI=1S/C22H35NO2S/c1-21(2,3)17-13-15(14-18(20(17)25)22(4,5)6)7-8-19(24)23-16-9-11-26-12-10-16/h13-14,16,25H,7-12H2,1-6H3,(H,23,24). The zero-order valence-corrected chi connectivity index (χ0v) is 18.1. The monoisotopic (exact) mass is 377 g/mol. The summed E-state index contributed by atoms with van der Waals surface area (Å²) < 4.78 is 0. The Bertz CT molecular complexity index is 600. The number of carbonyl (C=O) groups is 1. The predicted octanol–water partition coefficient (Wildman–Crippen LogP) is 4.93. The maximum absolute atomic E-state index is 12.3. The van der Waals surface area contributed by atoms with Gasteiger partial charge in [-0.05, 0) is 58.3 Å². The number of nitrogens with one attached hydrogen (secondary N) is 1. The Labute approximate surface area is 163 Å². The summed E-state index contributed by atoms with van der Waals surface area (Å²) in [6, 6.07) is 4.50. The number of amides is 1. The van der Waals surface area contributed by atoms with Crippen LogP contribution in [0.1, 0.15) is 77.5 Å². The minimum atomic E-state index is -0.137. The molecule has 1 aromatic carbocycles. The first-order valence-corrected chi connectivity index (χ1v) is 10.9. The first-order chi connectivity index (χ1) is 12.0. The zero-order chi connectivity index (χ0) is 19.5. The van der Waals surface area contributed by atoms with Gasteiger partial charge in [0.25, 0.3) is 0 Å². The summed E-state index contributed by atoms with van der Waals surface area (Å²) in [5, 5.41) is 14.0. The van der Waals surface area contributed by atoms with Crippen LogP contribution in [0.15, 0.2) is 12.1 Å². The third-order valence-corrected chi connectivity index (χ3v) is 6.06. The average molecular weight is 378 g/mol. The van der Waals surface area contributed by atoms with Gasteiger partial charge in [0.15, 0.2) is 0 Å². The number of aromatic hydroxyl groups is 1. The van der Waals surface area contributed by atoms with Gasteiger partial charge in [-0.15, -0.1) is 0 Å². The van der Waals surface area contributed by atoms with Crippen LogP contribution in [0.4, 0.5) is 0 Å². The number of carbonyl (C=O) groups excluding carboxylic acids is 1. The second kappa shape index (κ2) is 8.24. The molecule has 1 amide bonds. The van der Waals surface area contributed by atoms with E-state index in [9.17, 15) is 9.90 Å². The lowest BCUT2D eigenvalue weighted by molar-refractivity contribution is -0.121. The van der Waals surface area contributed by atoms with Gasteiger partial charge in [0, 0.05) is 12.5 Å². The maximum atomic E-state index is 12.3. The van der Waals surface area contributed by atoms with Crippen LogP contribution in [-0.2, 0) is 22.0 Å². The smallest absolute Gasteiger partial charge is 0.220 e. The van der Waals surface area contributed by atoms with E-state index in [2.05, 4.69) is 59.0 Å². The maximum Gasteiger partial charge on any atom is 0.220 e. The van der Waals surface area contributed by atoms with Crippen LogP contribution in [0, 0.1) is 0 Å². The van der Waals surface area contributed by atoms with Crippen molar-refractivity contribution < 1.29 is 9.90 Å². The van der Waals surface area contributed by atoms with Gasteiger partial charge in [-0.3, -0.25) is 4.79 Å². The lowest BCUT2D eigenvalue weighted by Crippen LogP contribution is -2.37. The molecule has 0 aliphatic carbocycles. The van der Waals surface area contributed by atoms with E-state index in [-0.39, 0.29) is 16.7 Å². The van der Waals surface area contributed by atoms with Crippen molar-refractivity contribution in [3.8, 4) is 5.75 Å². The zero-order valence-electron chi connectivity index (χ0n) is 17.2. The minimum Gasteiger partial charge on any atom is -0.507 e. The normalized spacial score (nSPS) is 16.5. The molecular formula is C22H35NO2S. The van der Waals surface area contributed by atoms with E-state index in [1.807, 2.05) is 11.8 Å². The van der Waals surface area contributed by atoms with Crippen LogP contribution in [0.3, 0.4) is 0 Å². The molecule has 1 aromatic rings. The summed E-state index contributed by atoms with van der Waals surface area (Å²) in [5.74, 6) is 2.84. The number of benzene rings is 1. The summed E-state index contributed by atoms with van der Waals surface area (Å²) in [5.41, 5.74) is 2.78. The summed E-state index contributed by atoms with van der Waals surface area (Å²) in [6.07, 6.45) is 3.37. The van der Waals surface area contributed by atoms with Crippen LogP contribution in [0.25, 0.3) is 0 Å². The van der Waals surface area contributed by atoms with Crippen molar-refractivity contribution in [1.82, 2.24) is 5.32 Å². The molecule has 0 bridgehead atoms. The van der Waals surface area contributed by atoms with Gasteiger partial charge in [-0.25, -0.2) is 0 Å². The largest absolute Gasteiger partial charge is 0.507 e. The van der Waals surface area contributed by atoms with Crippen molar-refractivity contribution in [3.05, 3.63) is 28.8 Å². The van der Waals surface area contributed by atoms with E-state index in [4.69, 9.17) is 0 Å². The number of rotatable bonds is 4. The molecule has 1 aliphatic rings. The molecule has 3 nitrogen and oxygen atoms in total. The second-order valence-electron chi connectivity index (χ2n) is 9.49. The second-order valence-corrected chi connectivity index (χ2v) is 10.7. The minimum absolute atomic E-state index is 0.137. The third-order valence-electron chi connectivity index (χ3n) is 5.01. The first kappa shape index (κ1) is 21.1. The van der Waals surface area contributed by atoms with Crippen LogP contribution in [-0.4, -0.2) is 28.6 Å². The molecule has 1 saturated heterocycles. The van der Waals surface area contributed by atoms with Crippen molar-refractivity contribution in [3.63, 3.8) is 0 Å². The summed E-state index contributed by atoms with van der Waals surface area (Å²) in [6.45, 7) is 12.7. The number of hydrogen-bond acceptors (Lipinski definition) is 3. The van der Waals surface area contributed by atoms with E-state index in [0.29, 0.717) is 24.6 Å². The number of phenolic OH excluding ortho intramolecular Hbond substituents is 1. The Balaban J connectivity index is 2.14. The van der Waals surface area contributed by atoms with Crippen LogP contribution < -0.4 is 5.32 Å². The van der Waals surface area contributed by atoms with Gasteiger partial charge >= 0.3 is 0 Å². The quantitative estimate of drug-likeness (QED) is 0.782. The Morgan fingerprint density at radius 1 is 1.08 bits per heavy atom. The molecule has 0 radical (unpaired) electrons. The Hall–Kier alpha value is -1.16. The molecule has 1 heterocycles. The molecule has 146 valence electrons. The van der Waals surface area contributed by atoms with Crippen molar-refractivity contribution >= 4 is 17.7 Å². The van der Waals surface area contributed by atoms with Crippen LogP contribution >= 0.6 is 11.8 Å². The van der Waals surface area contributed by atoms with Crippen LogP contribution in [0.5, 0.6) is 5.75 Å². The SMILES string of the molecule is CC(C)(C)c1cc(CCC(=O)NC2CCSCC2)cc(C(C)(C)C)c1O. The fourth-order valence-corrected chi connectivity index (χ4v) is 4.49. The van der Waals surface area contributed by atoms with E-state index >= 15 is 0 Å². The average Bonchev–Trinajstić information content (AvgIpc) is 2.52. The van der Waals surface area contributed by atoms with Crippen molar-refractivity contribution in [2.24, 2.45) is 0 Å². The van der Waals surface area contributed by atoms with E-state index < -0.39 is 0 Å². The Morgan fingerprint density at radius 3 is 2.04 bits per heavy atom. The highest BCUT2D eigenvalue weighted by Gasteiger charge is 2.26. The Morgan fingerprint density at radius 2 is 1.58 bits per heavy atom. The summed E-state index contributed by atoms with van der Waals surface area (Å²) in [4.78, 5) is 12.3. The first-order valence-electron chi connectivity index (χ1n) is 9.72. The van der Waals surface area contributed by atoms with Gasteiger partial charge in [0.05, 0.1) is 0 Å². The molecule has 4 heteroatoms. The molecule has 2 N–H and O–H groups in total. The van der Waals surface area contributed by atoms with Gasteiger partial charge in [-0.2, -0.15) is 11.8 Å². The third kappa shape index (κ3) is 5.67. The molecule has 1 fully saturated rings. The molecule has 0 saturated carbocycles. The van der Waals surface area contributed by atoms with Crippen molar-refractivity contribution in [1.29, 1.82) is 0 Å². The van der Waals surface area contributed by atoms with Gasteiger partial charge in [0.1, 0.15) is 5.75 Å². The van der Waals surface area contributed by atoms with E-state index in [0.717, 1.165) is 41.0 Å². The van der Waals surface area contributed by atoms with Crippen molar-refractivity contribution in [2.75, 3.05) is 11.5 Å². The highest BCUT2D eigenvalue weighted by molar-refractivity contribution is 7.99. The van der Waals surface area contributed by atoms with Crippen molar-refractivity contribution in [2.45, 2.75) is 84.1 Å². The number of phenols is 1. The molecular weight excluding hydrogens is 342 g/mol. The van der Waals surface area contributed by atoms with Gasteiger partial charge in [-0.1, -0.05) is 53.7 Å². The lowest BCUT2D eigenvalue weighted by Gasteiger charge is -2.28. The van der Waals surface area contributed by atoms with Gasteiger partial charge < -0.3 is 10.4 Å². The highest BCUT2D eigenvalue weighted by atomic mass is 32.2. The molecule has 26 heavy (non-hydrogen) atoms. The lowest BCUT2D eigenvalue weighted by atomic mass is 9.78. The van der Waals surface area contributed by atoms with Gasteiger partial charge in [0.2, 0.25) is 5.91 Å². The summed E-state index contributed by atoms with van der Waals surface area (Å²) >= 11 is 1.97. The molecule has 1 aliphatic heterocycles. The number of thioether (sulfide) groups is 1. The fraction of sp³-hybridized carbons (Fsp3) is 0.682. The highest BCUT2D eigenvalue weighted by Crippen LogP contribution is 2.40. The fourth-order valence-electron chi connectivity index (χ4n) is 3.38. The molecule has 2 rings (SSSR count). The molecule has 0 spiro atoms. The topological polar surface area (TPSA) is 49.3 Å². The Kier molecular flexibility index (Phi) is 6.70. The molecule has 0 atom stereocenters. The van der Waals surface area contributed by atoms with E-state index in [1.165, 1.54) is 0 Å². The van der Waals surface area contributed by atoms with Crippen LogP contribution in [0.2, 0.25) is 0 Å².